The zero-order valence-corrected chi connectivity index (χ0v) is 10.2. The molecule has 2 aromatic rings. The number of aromatic nitrogens is 1. The third-order valence-corrected chi connectivity index (χ3v) is 3.07. The maximum absolute atomic E-state index is 13.4. The van der Waals surface area contributed by atoms with Crippen molar-refractivity contribution in [2.24, 2.45) is 5.14 Å². The predicted molar refractivity (Wildman–Crippen MR) is 62.0 cm³/mol. The van der Waals surface area contributed by atoms with Crippen LogP contribution in [0.15, 0.2) is 41.4 Å². The molecular weight excluding hydrogens is 278 g/mol. The molecule has 0 amide bonds. The lowest BCUT2D eigenvalue weighted by molar-refractivity contribution is 0.412. The van der Waals surface area contributed by atoms with Gasteiger partial charge in [0, 0.05) is 12.3 Å². The first-order valence-corrected chi connectivity index (χ1v) is 6.53. The quantitative estimate of drug-likeness (QED) is 0.932. The van der Waals surface area contributed by atoms with Crippen molar-refractivity contribution >= 4 is 10.0 Å². The standard InChI is InChI=1S/C11H8F2N2O3S/c12-7-3-4-9(8(13)6-7)18-11-10(19(14,16)17)2-1-5-15-11/h1-6H,(H2,14,16,17). The fraction of sp³-hybridized carbons (Fsp3) is 0. The molecule has 1 aromatic heterocycles. The molecule has 100 valence electrons. The summed E-state index contributed by atoms with van der Waals surface area (Å²) in [6.07, 6.45) is 1.26. The number of sulfonamides is 1. The van der Waals surface area contributed by atoms with Crippen LogP contribution >= 0.6 is 0 Å². The van der Waals surface area contributed by atoms with E-state index in [-0.39, 0.29) is 11.6 Å². The molecule has 2 N–H and O–H groups in total. The molecule has 5 nitrogen and oxygen atoms in total. The number of benzene rings is 1. The Labute approximate surface area is 107 Å². The predicted octanol–water partition coefficient (Wildman–Crippen LogP) is 1.80. The van der Waals surface area contributed by atoms with Gasteiger partial charge in [-0.2, -0.15) is 0 Å². The van der Waals surface area contributed by atoms with Crippen LogP contribution < -0.4 is 9.88 Å². The van der Waals surface area contributed by atoms with Crippen LogP contribution in [0.4, 0.5) is 8.78 Å². The molecule has 0 bridgehead atoms. The van der Waals surface area contributed by atoms with Crippen molar-refractivity contribution in [1.82, 2.24) is 4.98 Å². The van der Waals surface area contributed by atoms with Crippen molar-refractivity contribution in [2.45, 2.75) is 4.90 Å². The van der Waals surface area contributed by atoms with Gasteiger partial charge in [0.1, 0.15) is 10.7 Å². The first-order chi connectivity index (χ1) is 8.88. The van der Waals surface area contributed by atoms with Crippen LogP contribution in [0, 0.1) is 11.6 Å². The van der Waals surface area contributed by atoms with Gasteiger partial charge < -0.3 is 4.74 Å². The monoisotopic (exact) mass is 286 g/mol. The van der Waals surface area contributed by atoms with Crippen molar-refractivity contribution in [3.63, 3.8) is 0 Å². The molecule has 0 fully saturated rings. The number of hydrogen-bond donors (Lipinski definition) is 1. The summed E-state index contributed by atoms with van der Waals surface area (Å²) < 4.78 is 53.7. The molecule has 1 heterocycles. The zero-order chi connectivity index (χ0) is 14.0. The Morgan fingerprint density at radius 1 is 1.21 bits per heavy atom. The number of halogens is 2. The minimum absolute atomic E-state index is 0.356. The number of pyridine rings is 1. The number of ether oxygens (including phenoxy) is 1. The highest BCUT2D eigenvalue weighted by atomic mass is 32.2. The third-order valence-electron chi connectivity index (χ3n) is 2.14. The number of nitrogens with two attached hydrogens (primary N) is 1. The molecule has 0 saturated heterocycles. The molecule has 0 aliphatic carbocycles. The van der Waals surface area contributed by atoms with Gasteiger partial charge in [-0.25, -0.2) is 27.3 Å². The molecule has 0 spiro atoms. The highest BCUT2D eigenvalue weighted by Crippen LogP contribution is 2.27. The lowest BCUT2D eigenvalue weighted by Crippen LogP contribution is -2.13. The van der Waals surface area contributed by atoms with E-state index in [0.717, 1.165) is 12.1 Å². The Balaban J connectivity index is 2.44. The smallest absolute Gasteiger partial charge is 0.243 e. The maximum atomic E-state index is 13.4. The lowest BCUT2D eigenvalue weighted by atomic mass is 10.3. The number of primary sulfonamides is 1. The second kappa shape index (κ2) is 4.90. The molecule has 8 heteroatoms. The summed E-state index contributed by atoms with van der Waals surface area (Å²) in [5.41, 5.74) is 0. The second-order valence-corrected chi connectivity index (χ2v) is 5.06. The summed E-state index contributed by atoms with van der Waals surface area (Å²) in [4.78, 5) is 3.27. The van der Waals surface area contributed by atoms with E-state index in [9.17, 15) is 17.2 Å². The summed E-state index contributed by atoms with van der Waals surface area (Å²) in [6, 6.07) is 5.10. The van der Waals surface area contributed by atoms with Crippen LogP contribution in [-0.4, -0.2) is 13.4 Å². The molecule has 19 heavy (non-hydrogen) atoms. The van der Waals surface area contributed by atoms with E-state index in [2.05, 4.69) is 4.98 Å². The second-order valence-electron chi connectivity index (χ2n) is 3.53. The van der Waals surface area contributed by atoms with Crippen LogP contribution in [0.2, 0.25) is 0 Å². The topological polar surface area (TPSA) is 82.3 Å². The first-order valence-electron chi connectivity index (χ1n) is 4.98. The summed E-state index contributed by atoms with van der Waals surface area (Å²) in [6.45, 7) is 0. The maximum Gasteiger partial charge on any atom is 0.243 e. The van der Waals surface area contributed by atoms with Gasteiger partial charge in [0.25, 0.3) is 0 Å². The SMILES string of the molecule is NS(=O)(=O)c1cccnc1Oc1ccc(F)cc1F. The Kier molecular flexibility index (Phi) is 3.45. The number of nitrogens with zero attached hydrogens (tertiary/aromatic N) is 1. The Hall–Kier alpha value is -2.06. The van der Waals surface area contributed by atoms with E-state index < -0.39 is 26.6 Å². The van der Waals surface area contributed by atoms with Gasteiger partial charge in [-0.15, -0.1) is 0 Å². The minimum Gasteiger partial charge on any atom is -0.435 e. The van der Waals surface area contributed by atoms with Gasteiger partial charge in [0.2, 0.25) is 15.9 Å². The number of hydrogen-bond acceptors (Lipinski definition) is 4. The lowest BCUT2D eigenvalue weighted by Gasteiger charge is -2.08. The zero-order valence-electron chi connectivity index (χ0n) is 9.38. The van der Waals surface area contributed by atoms with Gasteiger partial charge in [0.15, 0.2) is 11.6 Å². The Morgan fingerprint density at radius 2 is 1.95 bits per heavy atom. The van der Waals surface area contributed by atoms with Crippen LogP contribution in [0.3, 0.4) is 0 Å². The summed E-state index contributed by atoms with van der Waals surface area (Å²) in [5.74, 6) is -2.50. The van der Waals surface area contributed by atoms with Crippen molar-refractivity contribution in [2.75, 3.05) is 0 Å². The van der Waals surface area contributed by atoms with Gasteiger partial charge in [-0.05, 0) is 24.3 Å². The van der Waals surface area contributed by atoms with Crippen molar-refractivity contribution < 1.29 is 21.9 Å². The molecular formula is C11H8F2N2O3S. The van der Waals surface area contributed by atoms with E-state index >= 15 is 0 Å². The van der Waals surface area contributed by atoms with Crippen molar-refractivity contribution in [3.8, 4) is 11.6 Å². The van der Waals surface area contributed by atoms with E-state index in [0.29, 0.717) is 6.07 Å². The fourth-order valence-corrected chi connectivity index (χ4v) is 1.94. The van der Waals surface area contributed by atoms with E-state index in [1.54, 1.807) is 0 Å². The summed E-state index contributed by atoms with van der Waals surface area (Å²) in [7, 11) is -4.06. The van der Waals surface area contributed by atoms with Gasteiger partial charge >= 0.3 is 0 Å². The molecule has 0 aliphatic heterocycles. The fourth-order valence-electron chi connectivity index (χ4n) is 1.33. The summed E-state index contributed by atoms with van der Waals surface area (Å²) in [5, 5.41) is 4.97. The van der Waals surface area contributed by atoms with Gasteiger partial charge in [0.05, 0.1) is 0 Å². The first kappa shape index (κ1) is 13.4. The van der Waals surface area contributed by atoms with Crippen LogP contribution in [-0.2, 0) is 10.0 Å². The number of rotatable bonds is 3. The average Bonchev–Trinajstić information content (AvgIpc) is 2.32. The van der Waals surface area contributed by atoms with Crippen LogP contribution in [0.1, 0.15) is 0 Å². The molecule has 0 unspecified atom stereocenters. The van der Waals surface area contributed by atoms with E-state index in [4.69, 9.17) is 9.88 Å². The summed E-state index contributed by atoms with van der Waals surface area (Å²) >= 11 is 0. The molecule has 0 radical (unpaired) electrons. The van der Waals surface area contributed by atoms with Crippen molar-refractivity contribution in [3.05, 3.63) is 48.2 Å². The van der Waals surface area contributed by atoms with Crippen molar-refractivity contribution in [1.29, 1.82) is 0 Å². The van der Waals surface area contributed by atoms with Gasteiger partial charge in [-0.1, -0.05) is 0 Å². The largest absolute Gasteiger partial charge is 0.435 e. The molecule has 0 atom stereocenters. The molecule has 2 rings (SSSR count). The highest BCUT2D eigenvalue weighted by Gasteiger charge is 2.17. The third kappa shape index (κ3) is 3.04. The van der Waals surface area contributed by atoms with E-state index in [1.165, 1.54) is 18.3 Å². The molecule has 0 saturated carbocycles. The highest BCUT2D eigenvalue weighted by molar-refractivity contribution is 7.89. The van der Waals surface area contributed by atoms with Crippen LogP contribution in [0.25, 0.3) is 0 Å². The average molecular weight is 286 g/mol. The van der Waals surface area contributed by atoms with E-state index in [1.807, 2.05) is 0 Å². The Morgan fingerprint density at radius 3 is 2.58 bits per heavy atom. The molecule has 0 aliphatic rings. The molecule has 1 aromatic carbocycles. The normalized spacial score (nSPS) is 11.3. The minimum atomic E-state index is -4.06. The van der Waals surface area contributed by atoms with Gasteiger partial charge in [-0.3, -0.25) is 0 Å². The Bertz CT molecular complexity index is 720. The van der Waals surface area contributed by atoms with Crippen LogP contribution in [0.5, 0.6) is 11.6 Å².